The van der Waals surface area contributed by atoms with E-state index in [4.69, 9.17) is 5.11 Å². The highest BCUT2D eigenvalue weighted by Gasteiger charge is 1.98. The zero-order chi connectivity index (χ0) is 10.4. The zero-order valence-electron chi connectivity index (χ0n) is 8.14. The van der Waals surface area contributed by atoms with Crippen molar-refractivity contribution in [2.24, 2.45) is 7.05 Å². The maximum atomic E-state index is 10.2. The van der Waals surface area contributed by atoms with Crippen LogP contribution in [0.15, 0.2) is 12.4 Å². The van der Waals surface area contributed by atoms with Crippen LogP contribution in [0.2, 0.25) is 0 Å². The van der Waals surface area contributed by atoms with Crippen LogP contribution in [0.5, 0.6) is 0 Å². The first kappa shape index (κ1) is 11.1. The predicted molar refractivity (Wildman–Crippen MR) is 56.5 cm³/mol. The van der Waals surface area contributed by atoms with Gasteiger partial charge in [-0.25, -0.2) is 0 Å². The van der Waals surface area contributed by atoms with Gasteiger partial charge in [0.05, 0.1) is 12.6 Å². The molecule has 5 heteroatoms. The summed E-state index contributed by atoms with van der Waals surface area (Å²) in [5, 5.41) is 12.5. The number of carboxylic acid groups (broad SMARTS) is 1. The lowest BCUT2D eigenvalue weighted by Gasteiger charge is -1.97. The van der Waals surface area contributed by atoms with E-state index in [9.17, 15) is 4.79 Å². The summed E-state index contributed by atoms with van der Waals surface area (Å²) in [6, 6.07) is 0. The molecule has 0 atom stereocenters. The summed E-state index contributed by atoms with van der Waals surface area (Å²) in [4.78, 5) is 10.2. The molecule has 14 heavy (non-hydrogen) atoms. The topological polar surface area (TPSA) is 55.1 Å². The molecule has 1 heterocycles. The molecule has 1 rings (SSSR count). The van der Waals surface area contributed by atoms with Crippen molar-refractivity contribution in [1.29, 1.82) is 0 Å². The lowest BCUT2D eigenvalue weighted by molar-refractivity contribution is -0.136. The Labute approximate surface area is 87.3 Å². The first-order valence-electron chi connectivity index (χ1n) is 4.45. The van der Waals surface area contributed by atoms with Gasteiger partial charge in [-0.15, -0.1) is 0 Å². The van der Waals surface area contributed by atoms with Gasteiger partial charge in [0.1, 0.15) is 0 Å². The summed E-state index contributed by atoms with van der Waals surface area (Å²) >= 11 is 1.67. The minimum absolute atomic E-state index is 0.248. The molecule has 0 unspecified atom stereocenters. The number of carbonyl (C=O) groups is 1. The number of thioether (sulfide) groups is 1. The second-order valence-corrected chi connectivity index (χ2v) is 4.25. The number of hydrogen-bond acceptors (Lipinski definition) is 3. The summed E-state index contributed by atoms with van der Waals surface area (Å²) < 4.78 is 1.78. The van der Waals surface area contributed by atoms with Gasteiger partial charge in [0.15, 0.2) is 0 Å². The van der Waals surface area contributed by atoms with Crippen LogP contribution in [-0.2, 0) is 18.3 Å². The summed E-state index contributed by atoms with van der Waals surface area (Å²) in [6.45, 7) is 0. The average Bonchev–Trinajstić information content (AvgIpc) is 2.50. The highest BCUT2D eigenvalue weighted by Crippen LogP contribution is 2.07. The molecule has 1 aromatic rings. The second kappa shape index (κ2) is 5.70. The fourth-order valence-electron chi connectivity index (χ4n) is 1.05. The molecule has 78 valence electrons. The molecule has 0 aliphatic heterocycles. The highest BCUT2D eigenvalue weighted by molar-refractivity contribution is 7.99. The van der Waals surface area contributed by atoms with Crippen molar-refractivity contribution in [3.05, 3.63) is 18.0 Å². The zero-order valence-corrected chi connectivity index (χ0v) is 8.96. The Morgan fingerprint density at radius 2 is 2.43 bits per heavy atom. The van der Waals surface area contributed by atoms with Crippen molar-refractivity contribution in [2.75, 3.05) is 11.5 Å². The van der Waals surface area contributed by atoms with E-state index in [-0.39, 0.29) is 6.42 Å². The third-order valence-electron chi connectivity index (χ3n) is 1.75. The lowest BCUT2D eigenvalue weighted by atomic mass is 10.3. The average molecular weight is 214 g/mol. The Bertz CT molecular complexity index is 299. The third-order valence-corrected chi connectivity index (χ3v) is 2.74. The third kappa shape index (κ3) is 4.32. The molecule has 0 bridgehead atoms. The molecular formula is C9H14N2O2S. The van der Waals surface area contributed by atoms with E-state index >= 15 is 0 Å². The molecule has 1 aromatic heterocycles. The van der Waals surface area contributed by atoms with Gasteiger partial charge in [-0.05, 0) is 17.7 Å². The van der Waals surface area contributed by atoms with Crippen LogP contribution in [-0.4, -0.2) is 32.4 Å². The molecule has 0 spiro atoms. The highest BCUT2D eigenvalue weighted by atomic mass is 32.2. The first-order chi connectivity index (χ1) is 6.68. The quantitative estimate of drug-likeness (QED) is 0.722. The maximum absolute atomic E-state index is 10.2. The molecule has 0 radical (unpaired) electrons. The van der Waals surface area contributed by atoms with Gasteiger partial charge in [0, 0.05) is 19.0 Å². The molecule has 0 aliphatic rings. The Balaban J connectivity index is 2.07. The van der Waals surface area contributed by atoms with Gasteiger partial charge in [0.25, 0.3) is 0 Å². The van der Waals surface area contributed by atoms with Gasteiger partial charge in [-0.2, -0.15) is 16.9 Å². The molecule has 0 amide bonds. The van der Waals surface area contributed by atoms with Crippen LogP contribution in [0.4, 0.5) is 0 Å². The van der Waals surface area contributed by atoms with Crippen LogP contribution in [0.1, 0.15) is 12.0 Å². The van der Waals surface area contributed by atoms with Gasteiger partial charge < -0.3 is 5.11 Å². The van der Waals surface area contributed by atoms with Crippen molar-refractivity contribution in [3.63, 3.8) is 0 Å². The SMILES string of the molecule is Cn1cc(CCSCCC(=O)O)cn1. The maximum Gasteiger partial charge on any atom is 0.304 e. The van der Waals surface area contributed by atoms with E-state index < -0.39 is 5.97 Å². The molecule has 4 nitrogen and oxygen atoms in total. The fourth-order valence-corrected chi connectivity index (χ4v) is 1.96. The van der Waals surface area contributed by atoms with E-state index in [2.05, 4.69) is 5.10 Å². The van der Waals surface area contributed by atoms with Crippen molar-refractivity contribution < 1.29 is 9.90 Å². The number of aryl methyl sites for hydroxylation is 2. The molecule has 0 fully saturated rings. The van der Waals surface area contributed by atoms with Gasteiger partial charge in [-0.3, -0.25) is 9.48 Å². The van der Waals surface area contributed by atoms with Crippen LogP contribution in [0, 0.1) is 0 Å². The summed E-state index contributed by atoms with van der Waals surface area (Å²) in [6.07, 6.45) is 5.03. The van der Waals surface area contributed by atoms with Gasteiger partial charge in [-0.1, -0.05) is 0 Å². The fraction of sp³-hybridized carbons (Fsp3) is 0.556. The Morgan fingerprint density at radius 1 is 1.64 bits per heavy atom. The number of carboxylic acids is 1. The predicted octanol–water partition coefficient (Wildman–Crippen LogP) is 1.17. The molecule has 0 aliphatic carbocycles. The van der Waals surface area contributed by atoms with E-state index in [1.807, 2.05) is 19.4 Å². The van der Waals surface area contributed by atoms with Crippen molar-refractivity contribution in [1.82, 2.24) is 9.78 Å². The van der Waals surface area contributed by atoms with Crippen LogP contribution < -0.4 is 0 Å². The van der Waals surface area contributed by atoms with Crippen LogP contribution >= 0.6 is 11.8 Å². The monoisotopic (exact) mass is 214 g/mol. The van der Waals surface area contributed by atoms with Gasteiger partial charge in [0.2, 0.25) is 0 Å². The molecule has 0 saturated carbocycles. The Kier molecular flexibility index (Phi) is 4.52. The van der Waals surface area contributed by atoms with Crippen LogP contribution in [0.3, 0.4) is 0 Å². The number of rotatable bonds is 6. The summed E-state index contributed by atoms with van der Waals surface area (Å²) in [5.74, 6) is 0.924. The number of aromatic nitrogens is 2. The standard InChI is InChI=1S/C9H14N2O2S/c1-11-7-8(6-10-11)2-4-14-5-3-9(12)13/h6-7H,2-5H2,1H3,(H,12,13). The molecular weight excluding hydrogens is 200 g/mol. The number of hydrogen-bond donors (Lipinski definition) is 1. The normalized spacial score (nSPS) is 10.4. The van der Waals surface area contributed by atoms with E-state index in [1.165, 1.54) is 5.56 Å². The minimum Gasteiger partial charge on any atom is -0.481 e. The molecule has 0 aromatic carbocycles. The lowest BCUT2D eigenvalue weighted by Crippen LogP contribution is -1.97. The number of nitrogens with zero attached hydrogens (tertiary/aromatic N) is 2. The van der Waals surface area contributed by atoms with E-state index in [1.54, 1.807) is 16.4 Å². The summed E-state index contributed by atoms with van der Waals surface area (Å²) in [7, 11) is 1.89. The molecule has 0 saturated heterocycles. The van der Waals surface area contributed by atoms with Crippen LogP contribution in [0.25, 0.3) is 0 Å². The largest absolute Gasteiger partial charge is 0.481 e. The molecule has 1 N–H and O–H groups in total. The summed E-state index contributed by atoms with van der Waals surface area (Å²) in [5.41, 5.74) is 1.20. The van der Waals surface area contributed by atoms with E-state index in [0.717, 1.165) is 12.2 Å². The first-order valence-corrected chi connectivity index (χ1v) is 5.61. The van der Waals surface area contributed by atoms with Crippen molar-refractivity contribution in [2.45, 2.75) is 12.8 Å². The minimum atomic E-state index is -0.723. The smallest absolute Gasteiger partial charge is 0.304 e. The van der Waals surface area contributed by atoms with Gasteiger partial charge >= 0.3 is 5.97 Å². The number of aliphatic carboxylic acids is 1. The van der Waals surface area contributed by atoms with Crippen molar-refractivity contribution >= 4 is 17.7 Å². The van der Waals surface area contributed by atoms with Crippen molar-refractivity contribution in [3.8, 4) is 0 Å². The second-order valence-electron chi connectivity index (χ2n) is 3.03. The Hall–Kier alpha value is -0.970. The van der Waals surface area contributed by atoms with E-state index in [0.29, 0.717) is 5.75 Å². The Morgan fingerprint density at radius 3 is 3.00 bits per heavy atom.